The van der Waals surface area contributed by atoms with Gasteiger partial charge in [-0.15, -0.1) is 0 Å². The summed E-state index contributed by atoms with van der Waals surface area (Å²) in [5.41, 5.74) is 0.573. The lowest BCUT2D eigenvalue weighted by Gasteiger charge is -2.28. The fraction of sp³-hybridized carbons (Fsp3) is 0.391. The Kier molecular flexibility index (Phi) is 6.01. The number of ether oxygens (including phenoxy) is 1. The Hall–Kier alpha value is -2.90. The third-order valence-electron chi connectivity index (χ3n) is 5.59. The van der Waals surface area contributed by atoms with Crippen molar-refractivity contribution < 1.29 is 23.8 Å². The number of nitrogens with zero attached hydrogens (tertiary/aromatic N) is 2. The number of likely N-dealkylation sites (tertiary alicyclic amines) is 1. The monoisotopic (exact) mass is 410 g/mol. The highest BCUT2D eigenvalue weighted by Crippen LogP contribution is 2.40. The lowest BCUT2D eigenvalue weighted by molar-refractivity contribution is -0.140. The topological polar surface area (TPSA) is 83.2 Å². The molecule has 1 aromatic carbocycles. The van der Waals surface area contributed by atoms with Gasteiger partial charge in [0.05, 0.1) is 18.8 Å². The average Bonchev–Trinajstić information content (AvgIpc) is 3.31. The molecule has 1 atom stereocenters. The van der Waals surface area contributed by atoms with E-state index < -0.39 is 17.7 Å². The predicted octanol–water partition coefficient (Wildman–Crippen LogP) is 2.73. The molecule has 0 radical (unpaired) electrons. The van der Waals surface area contributed by atoms with Crippen LogP contribution < -0.4 is 0 Å². The minimum atomic E-state index is -0.733. The average molecular weight is 410 g/mol. The van der Waals surface area contributed by atoms with Crippen LogP contribution in [-0.2, 0) is 14.3 Å². The number of aryl methyl sites for hydroxylation is 1. The van der Waals surface area contributed by atoms with Crippen LogP contribution in [0.15, 0.2) is 52.5 Å². The van der Waals surface area contributed by atoms with Crippen LogP contribution in [0.1, 0.15) is 29.5 Å². The van der Waals surface area contributed by atoms with Gasteiger partial charge < -0.3 is 19.2 Å². The van der Waals surface area contributed by atoms with Gasteiger partial charge in [0, 0.05) is 31.7 Å². The molecule has 7 nitrogen and oxygen atoms in total. The summed E-state index contributed by atoms with van der Waals surface area (Å²) in [4.78, 5) is 29.6. The Morgan fingerprint density at radius 1 is 1.07 bits per heavy atom. The number of benzene rings is 1. The lowest BCUT2D eigenvalue weighted by Crippen LogP contribution is -2.38. The quantitative estimate of drug-likeness (QED) is 0.448. The molecule has 0 spiro atoms. The number of ketones is 1. The summed E-state index contributed by atoms with van der Waals surface area (Å²) in [5.74, 6) is -0.293. The number of carbonyl (C=O) groups is 2. The fourth-order valence-electron chi connectivity index (χ4n) is 4.05. The molecule has 2 aromatic rings. The van der Waals surface area contributed by atoms with Gasteiger partial charge >= 0.3 is 0 Å². The van der Waals surface area contributed by atoms with Gasteiger partial charge in [0.25, 0.3) is 11.7 Å². The highest BCUT2D eigenvalue weighted by Gasteiger charge is 2.47. The standard InChI is InChI=1S/C23H26N2O5/c1-16-8-9-18(30-16)20-19(21(26)17-6-3-2-4-7-17)22(27)23(28)25(20)11-5-10-24-12-14-29-15-13-24/h2-4,6-9,20,26H,5,10-15H2,1H3/b21-19-. The number of hydrogen-bond acceptors (Lipinski definition) is 6. The number of rotatable bonds is 6. The summed E-state index contributed by atoms with van der Waals surface area (Å²) in [6.45, 7) is 6.19. The van der Waals surface area contributed by atoms with E-state index in [9.17, 15) is 14.7 Å². The number of furan rings is 1. The van der Waals surface area contributed by atoms with Gasteiger partial charge in [-0.05, 0) is 25.5 Å². The third-order valence-corrected chi connectivity index (χ3v) is 5.59. The first-order valence-corrected chi connectivity index (χ1v) is 10.3. The highest BCUT2D eigenvalue weighted by molar-refractivity contribution is 6.46. The van der Waals surface area contributed by atoms with Crippen LogP contribution in [0.25, 0.3) is 5.76 Å². The zero-order chi connectivity index (χ0) is 21.1. The first-order chi connectivity index (χ1) is 14.6. The van der Waals surface area contributed by atoms with Crippen molar-refractivity contribution in [3.8, 4) is 0 Å². The van der Waals surface area contributed by atoms with Gasteiger partial charge in [0.1, 0.15) is 23.3 Å². The maximum Gasteiger partial charge on any atom is 0.295 e. The number of Topliss-reactive ketones (excluding diaryl/α,β-unsaturated/α-hetero) is 1. The molecule has 30 heavy (non-hydrogen) atoms. The summed E-state index contributed by atoms with van der Waals surface area (Å²) in [7, 11) is 0. The molecule has 2 aliphatic heterocycles. The number of carbonyl (C=O) groups excluding carboxylic acids is 2. The van der Waals surface area contributed by atoms with Crippen LogP contribution in [0.3, 0.4) is 0 Å². The number of hydrogen-bond donors (Lipinski definition) is 1. The molecule has 1 aromatic heterocycles. The molecule has 4 rings (SSSR count). The summed E-state index contributed by atoms with van der Waals surface area (Å²) >= 11 is 0. The van der Waals surface area contributed by atoms with Gasteiger partial charge in [0.2, 0.25) is 0 Å². The van der Waals surface area contributed by atoms with Crippen molar-refractivity contribution in [1.82, 2.24) is 9.80 Å². The Morgan fingerprint density at radius 3 is 2.47 bits per heavy atom. The van der Waals surface area contributed by atoms with Crippen LogP contribution in [0.4, 0.5) is 0 Å². The predicted molar refractivity (Wildman–Crippen MR) is 111 cm³/mol. The Labute approximate surface area is 175 Å². The van der Waals surface area contributed by atoms with Crippen LogP contribution in [0, 0.1) is 6.92 Å². The Balaban J connectivity index is 1.63. The van der Waals surface area contributed by atoms with Gasteiger partial charge in [-0.25, -0.2) is 0 Å². The number of aliphatic hydroxyl groups is 1. The minimum absolute atomic E-state index is 0.0759. The van der Waals surface area contributed by atoms with Crippen molar-refractivity contribution in [3.05, 3.63) is 65.1 Å². The van der Waals surface area contributed by atoms with E-state index in [1.54, 1.807) is 36.4 Å². The van der Waals surface area contributed by atoms with Crippen molar-refractivity contribution >= 4 is 17.4 Å². The van der Waals surface area contributed by atoms with E-state index in [1.165, 1.54) is 4.90 Å². The zero-order valence-corrected chi connectivity index (χ0v) is 17.0. The first-order valence-electron chi connectivity index (χ1n) is 10.3. The maximum atomic E-state index is 12.9. The van der Waals surface area contributed by atoms with E-state index in [0.29, 0.717) is 43.3 Å². The second-order valence-electron chi connectivity index (χ2n) is 7.61. The molecular formula is C23H26N2O5. The Bertz CT molecular complexity index is 944. The van der Waals surface area contributed by atoms with Crippen LogP contribution in [0.5, 0.6) is 0 Å². The maximum absolute atomic E-state index is 12.9. The van der Waals surface area contributed by atoms with Crippen molar-refractivity contribution in [3.63, 3.8) is 0 Å². The molecule has 2 fully saturated rings. The van der Waals surface area contributed by atoms with E-state index in [1.807, 2.05) is 13.0 Å². The molecule has 158 valence electrons. The van der Waals surface area contributed by atoms with E-state index in [0.717, 1.165) is 19.6 Å². The van der Waals surface area contributed by atoms with Gasteiger partial charge in [-0.1, -0.05) is 30.3 Å². The van der Waals surface area contributed by atoms with E-state index in [2.05, 4.69) is 4.90 Å². The molecule has 1 amide bonds. The molecule has 3 heterocycles. The summed E-state index contributed by atoms with van der Waals surface area (Å²) in [6.07, 6.45) is 0.717. The second-order valence-corrected chi connectivity index (χ2v) is 7.61. The lowest BCUT2D eigenvalue weighted by atomic mass is 9.99. The normalized spacial score (nSPS) is 22.0. The number of amides is 1. The second kappa shape index (κ2) is 8.85. The van der Waals surface area contributed by atoms with Crippen molar-refractivity contribution in [2.24, 2.45) is 0 Å². The van der Waals surface area contributed by atoms with Crippen LogP contribution in [0.2, 0.25) is 0 Å². The summed E-state index contributed by atoms with van der Waals surface area (Å²) < 4.78 is 11.2. The molecule has 0 saturated carbocycles. The first kappa shape index (κ1) is 20.4. The van der Waals surface area contributed by atoms with Crippen LogP contribution in [-0.4, -0.2) is 66.0 Å². The molecule has 0 aliphatic carbocycles. The van der Waals surface area contributed by atoms with Crippen molar-refractivity contribution in [2.45, 2.75) is 19.4 Å². The SMILES string of the molecule is Cc1ccc(C2/C(=C(/O)c3ccccc3)C(=O)C(=O)N2CCCN2CCOCC2)o1. The zero-order valence-electron chi connectivity index (χ0n) is 17.0. The highest BCUT2D eigenvalue weighted by atomic mass is 16.5. The Morgan fingerprint density at radius 2 is 1.80 bits per heavy atom. The summed E-state index contributed by atoms with van der Waals surface area (Å²) in [5, 5.41) is 10.9. The molecule has 1 N–H and O–H groups in total. The van der Waals surface area contributed by atoms with Crippen molar-refractivity contribution in [2.75, 3.05) is 39.4 Å². The molecular weight excluding hydrogens is 384 g/mol. The largest absolute Gasteiger partial charge is 0.507 e. The molecule has 2 aliphatic rings. The van der Waals surface area contributed by atoms with Crippen LogP contribution >= 0.6 is 0 Å². The molecule has 1 unspecified atom stereocenters. The van der Waals surface area contributed by atoms with Crippen molar-refractivity contribution in [1.29, 1.82) is 0 Å². The fourth-order valence-corrected chi connectivity index (χ4v) is 4.05. The minimum Gasteiger partial charge on any atom is -0.507 e. The van der Waals surface area contributed by atoms with E-state index in [-0.39, 0.29) is 11.3 Å². The van der Waals surface area contributed by atoms with Gasteiger partial charge in [-0.2, -0.15) is 0 Å². The molecule has 2 saturated heterocycles. The van der Waals surface area contributed by atoms with E-state index in [4.69, 9.17) is 9.15 Å². The summed E-state index contributed by atoms with van der Waals surface area (Å²) in [6, 6.07) is 11.6. The third kappa shape index (κ3) is 4.04. The number of aliphatic hydroxyl groups excluding tert-OH is 1. The molecule has 7 heteroatoms. The van der Waals surface area contributed by atoms with Gasteiger partial charge in [0.15, 0.2) is 0 Å². The van der Waals surface area contributed by atoms with Gasteiger partial charge in [-0.3, -0.25) is 14.5 Å². The van der Waals surface area contributed by atoms with E-state index >= 15 is 0 Å². The smallest absolute Gasteiger partial charge is 0.295 e. The molecule has 0 bridgehead atoms. The number of morpholine rings is 1.